The highest BCUT2D eigenvalue weighted by atomic mass is 32.1. The molecular weight excluding hydrogens is 801 g/mol. The lowest BCUT2D eigenvalue weighted by atomic mass is 9.96. The Bertz CT molecular complexity index is 3540. The van der Waals surface area contributed by atoms with Crippen LogP contribution in [0.25, 0.3) is 75.7 Å². The zero-order valence-electron chi connectivity index (χ0n) is 35.7. The summed E-state index contributed by atoms with van der Waals surface area (Å²) in [6.45, 7) is 13.6. The van der Waals surface area contributed by atoms with E-state index in [2.05, 4.69) is 169 Å². The van der Waals surface area contributed by atoms with Gasteiger partial charge in [0.1, 0.15) is 17.0 Å². The monoisotopic (exact) mass is 846 g/mol. The van der Waals surface area contributed by atoms with Gasteiger partial charge in [-0.05, 0) is 78.1 Å². The van der Waals surface area contributed by atoms with Crippen molar-refractivity contribution in [3.8, 4) is 0 Å². The van der Waals surface area contributed by atoms with Crippen LogP contribution in [-0.4, -0.2) is 23.3 Å². The van der Waals surface area contributed by atoms with E-state index in [0.717, 1.165) is 95.5 Å². The first kappa shape index (κ1) is 40.3. The molecule has 0 radical (unpaired) electrons. The molecule has 1 N–H and O–H groups in total. The number of hydrogen-bond donors (Lipinski definition) is 1. The molecule has 6 heteroatoms. The van der Waals surface area contributed by atoms with Crippen molar-refractivity contribution in [2.45, 2.75) is 19.4 Å². The van der Waals surface area contributed by atoms with Crippen LogP contribution in [0, 0.1) is 0 Å². The van der Waals surface area contributed by atoms with Gasteiger partial charge in [-0.3, -0.25) is 4.99 Å². The van der Waals surface area contributed by atoms with Crippen LogP contribution in [0.2, 0.25) is 0 Å². The minimum atomic E-state index is 0.503. The number of fused-ring (bicyclic) bond motifs is 11. The second-order valence-electron chi connectivity index (χ2n) is 15.8. The summed E-state index contributed by atoms with van der Waals surface area (Å²) in [5, 5.41) is 10.1. The van der Waals surface area contributed by atoms with E-state index < -0.39 is 0 Å². The predicted octanol–water partition coefficient (Wildman–Crippen LogP) is 15.3. The zero-order valence-corrected chi connectivity index (χ0v) is 36.5. The second-order valence-corrected chi connectivity index (χ2v) is 16.8. The molecule has 1 aliphatic rings. The van der Waals surface area contributed by atoms with Crippen LogP contribution in [0.1, 0.15) is 24.0 Å². The lowest BCUT2D eigenvalue weighted by Crippen LogP contribution is -2.22. The summed E-state index contributed by atoms with van der Waals surface area (Å²) in [5.74, 6) is 1.25. The average Bonchev–Trinajstić information content (AvgIpc) is 4.02. The molecule has 0 bridgehead atoms. The minimum absolute atomic E-state index is 0.503. The third-order valence-corrected chi connectivity index (χ3v) is 12.9. The Kier molecular flexibility index (Phi) is 11.0. The van der Waals surface area contributed by atoms with Crippen LogP contribution in [0.15, 0.2) is 232 Å². The molecule has 0 fully saturated rings. The maximum Gasteiger partial charge on any atom is 0.156 e. The standard InChI is InChI=1S/C58H46N4OS/c1-5-20-41(6-2)47(35-38(3)57(59-4)61-58(42-25-14-9-15-26-42)60-37-40-23-12-8-13-24-40)50(36-39-21-10-7-11-22-39)62-48-29-18-16-27-45(48)53-49(62)33-31-43-44-32-34-52-54(56(44)63-55(43)53)46-28-17-19-30-51(46)64-52/h5-8,10-14,16-36H,1-3,9,15,37H2,4H3,(H,59,60,61)/b41-20+,47-35-,50-36-. The van der Waals surface area contributed by atoms with Gasteiger partial charge in [-0.1, -0.05) is 153 Å². The van der Waals surface area contributed by atoms with E-state index >= 15 is 0 Å². The molecule has 1 aliphatic carbocycles. The SMILES string of the molecule is C=C/C=C(C=C)/C(=C/C(=C)/C(=N/C(=N\Cc1ccccc1)C1=CCCC=C1)NC)C(=C/c1ccccc1)/n1c2ccccc2c2c3oc4c(ccc5sc6ccccc6c54)c3ccc21. The fourth-order valence-electron chi connectivity index (χ4n) is 8.84. The first-order chi connectivity index (χ1) is 31.5. The molecule has 0 amide bonds. The number of nitrogens with one attached hydrogen (secondary N) is 1. The van der Waals surface area contributed by atoms with Gasteiger partial charge >= 0.3 is 0 Å². The summed E-state index contributed by atoms with van der Waals surface area (Å²) in [5.41, 5.74) is 10.3. The number of benzene rings is 6. The van der Waals surface area contributed by atoms with E-state index in [4.69, 9.17) is 14.4 Å². The molecule has 0 saturated carbocycles. The first-order valence-electron chi connectivity index (χ1n) is 21.6. The lowest BCUT2D eigenvalue weighted by Gasteiger charge is -2.19. The fourth-order valence-corrected chi connectivity index (χ4v) is 9.94. The molecule has 9 aromatic rings. The molecule has 310 valence electrons. The summed E-state index contributed by atoms with van der Waals surface area (Å²) in [4.78, 5) is 10.3. The van der Waals surface area contributed by atoms with Crippen molar-refractivity contribution in [1.82, 2.24) is 9.88 Å². The van der Waals surface area contributed by atoms with Gasteiger partial charge in [0, 0.05) is 60.1 Å². The van der Waals surface area contributed by atoms with Gasteiger partial charge in [0.05, 0.1) is 28.7 Å². The molecule has 3 heterocycles. The van der Waals surface area contributed by atoms with Crippen molar-refractivity contribution in [3.05, 3.63) is 229 Å². The number of furan rings is 1. The largest absolute Gasteiger partial charge is 0.455 e. The van der Waals surface area contributed by atoms with E-state index in [0.29, 0.717) is 23.8 Å². The second kappa shape index (κ2) is 17.5. The number of nitrogens with zero attached hydrogens (tertiary/aromatic N) is 3. The number of para-hydroxylation sites is 1. The van der Waals surface area contributed by atoms with E-state index in [-0.39, 0.29) is 0 Å². The number of rotatable bonds is 11. The molecular formula is C58H46N4OS. The number of aromatic nitrogens is 1. The maximum atomic E-state index is 7.14. The van der Waals surface area contributed by atoms with E-state index in [9.17, 15) is 0 Å². The number of hydrogen-bond acceptors (Lipinski definition) is 3. The van der Waals surface area contributed by atoms with Crippen molar-refractivity contribution in [2.75, 3.05) is 7.05 Å². The van der Waals surface area contributed by atoms with Crippen molar-refractivity contribution in [1.29, 1.82) is 0 Å². The van der Waals surface area contributed by atoms with E-state index in [1.807, 2.05) is 43.5 Å². The normalized spacial score (nSPS) is 14.3. The Morgan fingerprint density at radius 3 is 2.22 bits per heavy atom. The highest BCUT2D eigenvalue weighted by molar-refractivity contribution is 7.26. The predicted molar refractivity (Wildman–Crippen MR) is 276 cm³/mol. The summed E-state index contributed by atoms with van der Waals surface area (Å²) in [7, 11) is 1.88. The Hall–Kier alpha value is -7.80. The van der Waals surface area contributed by atoms with Gasteiger partial charge in [0.2, 0.25) is 0 Å². The Morgan fingerprint density at radius 2 is 1.47 bits per heavy atom. The molecule has 5 nitrogen and oxygen atoms in total. The molecule has 3 aromatic heterocycles. The van der Waals surface area contributed by atoms with Crippen molar-refractivity contribution in [3.63, 3.8) is 0 Å². The van der Waals surface area contributed by atoms with Crippen LogP contribution < -0.4 is 5.32 Å². The number of amidine groups is 2. The highest BCUT2D eigenvalue weighted by Gasteiger charge is 2.24. The summed E-state index contributed by atoms with van der Waals surface area (Å²) >= 11 is 1.80. The van der Waals surface area contributed by atoms with E-state index in [1.165, 1.54) is 14.8 Å². The summed E-state index contributed by atoms with van der Waals surface area (Å²) in [6.07, 6.45) is 18.4. The maximum absolute atomic E-state index is 7.14. The molecule has 10 rings (SSSR count). The van der Waals surface area contributed by atoms with Crippen molar-refractivity contribution < 1.29 is 4.42 Å². The summed E-state index contributed by atoms with van der Waals surface area (Å²) in [6, 6.07) is 46.8. The minimum Gasteiger partial charge on any atom is -0.455 e. The Labute approximate surface area is 376 Å². The van der Waals surface area contributed by atoms with Crippen LogP contribution in [-0.2, 0) is 6.54 Å². The van der Waals surface area contributed by atoms with Gasteiger partial charge in [-0.15, -0.1) is 11.3 Å². The summed E-state index contributed by atoms with van der Waals surface area (Å²) < 4.78 is 11.9. The Balaban J connectivity index is 1.21. The fraction of sp³-hybridized carbons (Fsp3) is 0.0690. The lowest BCUT2D eigenvalue weighted by molar-refractivity contribution is 0.677. The van der Waals surface area contributed by atoms with Gasteiger partial charge in [-0.2, -0.15) is 0 Å². The van der Waals surface area contributed by atoms with Gasteiger partial charge in [0.25, 0.3) is 0 Å². The first-order valence-corrected chi connectivity index (χ1v) is 22.4. The van der Waals surface area contributed by atoms with E-state index in [1.54, 1.807) is 17.4 Å². The van der Waals surface area contributed by atoms with Gasteiger partial charge in [0.15, 0.2) is 5.84 Å². The third kappa shape index (κ3) is 7.38. The molecule has 6 aromatic carbocycles. The molecule has 64 heavy (non-hydrogen) atoms. The molecule has 0 saturated heterocycles. The van der Waals surface area contributed by atoms with Crippen LogP contribution in [0.3, 0.4) is 0 Å². The molecule has 0 spiro atoms. The third-order valence-electron chi connectivity index (χ3n) is 11.8. The quantitative estimate of drug-likeness (QED) is 0.0801. The number of thiophene rings is 1. The van der Waals surface area contributed by atoms with Crippen LogP contribution in [0.4, 0.5) is 0 Å². The highest BCUT2D eigenvalue weighted by Crippen LogP contribution is 2.46. The van der Waals surface area contributed by atoms with Gasteiger partial charge in [-0.25, -0.2) is 4.99 Å². The van der Waals surface area contributed by atoms with Crippen LogP contribution >= 0.6 is 11.3 Å². The molecule has 0 unspecified atom stereocenters. The molecule has 0 atom stereocenters. The van der Waals surface area contributed by atoms with Crippen LogP contribution in [0.5, 0.6) is 0 Å². The number of aliphatic imine (C=N–C) groups is 2. The topological polar surface area (TPSA) is 54.8 Å². The van der Waals surface area contributed by atoms with Crippen molar-refractivity contribution in [2.24, 2.45) is 9.98 Å². The average molecular weight is 847 g/mol. The smallest absolute Gasteiger partial charge is 0.156 e. The number of allylic oxidation sites excluding steroid dienone is 8. The number of likely N-dealkylation sites (N-methyl/N-ethyl adjacent to an activating group) is 1. The zero-order chi connectivity index (χ0) is 43.6. The van der Waals surface area contributed by atoms with Crippen molar-refractivity contribution >= 4 is 98.7 Å². The van der Waals surface area contributed by atoms with Gasteiger partial charge < -0.3 is 14.3 Å². The molecule has 0 aliphatic heterocycles. The Morgan fingerprint density at radius 1 is 0.750 bits per heavy atom.